The Morgan fingerprint density at radius 3 is 2.65 bits per heavy atom. The Labute approximate surface area is 134 Å². The molecule has 0 atom stereocenters. The van der Waals surface area contributed by atoms with Crippen LogP contribution in [0.3, 0.4) is 0 Å². The van der Waals surface area contributed by atoms with Crippen LogP contribution in [0.1, 0.15) is 11.3 Å². The molecule has 3 heterocycles. The van der Waals surface area contributed by atoms with Gasteiger partial charge >= 0.3 is 0 Å². The average molecular weight is 310 g/mol. The van der Waals surface area contributed by atoms with Crippen molar-refractivity contribution in [2.45, 2.75) is 6.42 Å². The molecule has 0 spiro atoms. The van der Waals surface area contributed by atoms with E-state index < -0.39 is 0 Å². The Bertz CT molecular complexity index is 804. The van der Waals surface area contributed by atoms with Gasteiger partial charge in [-0.25, -0.2) is 9.37 Å². The smallest absolute Gasteiger partial charge is 0.139 e. The normalized spacial score (nSPS) is 15.3. The van der Waals surface area contributed by atoms with Gasteiger partial charge in [-0.15, -0.1) is 0 Å². The fourth-order valence-electron chi connectivity index (χ4n) is 3.04. The van der Waals surface area contributed by atoms with E-state index in [1.165, 1.54) is 17.8 Å². The van der Waals surface area contributed by atoms with Gasteiger partial charge in [-0.2, -0.15) is 0 Å². The highest BCUT2D eigenvalue weighted by atomic mass is 19.1. The van der Waals surface area contributed by atoms with Crippen LogP contribution < -0.4 is 10.2 Å². The van der Waals surface area contributed by atoms with E-state index in [0.29, 0.717) is 6.42 Å². The highest BCUT2D eigenvalue weighted by Gasteiger charge is 2.11. The summed E-state index contributed by atoms with van der Waals surface area (Å²) in [7, 11) is 0. The van der Waals surface area contributed by atoms with Crippen LogP contribution in [0.4, 0.5) is 10.1 Å². The number of nitrogens with zero attached hydrogens (tertiary/aromatic N) is 3. The predicted octanol–water partition coefficient (Wildman–Crippen LogP) is 2.47. The van der Waals surface area contributed by atoms with E-state index in [4.69, 9.17) is 4.98 Å². The number of aromatic nitrogens is 2. The van der Waals surface area contributed by atoms with Gasteiger partial charge in [-0.05, 0) is 23.8 Å². The van der Waals surface area contributed by atoms with Crippen LogP contribution in [-0.4, -0.2) is 35.6 Å². The van der Waals surface area contributed by atoms with Crippen molar-refractivity contribution in [2.75, 3.05) is 31.1 Å². The monoisotopic (exact) mass is 310 g/mol. The number of piperazine rings is 1. The maximum absolute atomic E-state index is 13.0. The minimum atomic E-state index is -0.204. The molecule has 23 heavy (non-hydrogen) atoms. The van der Waals surface area contributed by atoms with Crippen LogP contribution in [-0.2, 0) is 6.42 Å². The zero-order chi connectivity index (χ0) is 15.6. The number of fused-ring (bicyclic) bond motifs is 1. The molecule has 2 aromatic heterocycles. The van der Waals surface area contributed by atoms with E-state index in [2.05, 4.69) is 28.5 Å². The van der Waals surface area contributed by atoms with Gasteiger partial charge in [-0.1, -0.05) is 12.1 Å². The van der Waals surface area contributed by atoms with Crippen LogP contribution in [0.25, 0.3) is 5.65 Å². The van der Waals surface area contributed by atoms with E-state index in [1.54, 1.807) is 0 Å². The van der Waals surface area contributed by atoms with Gasteiger partial charge in [0.2, 0.25) is 0 Å². The molecule has 1 aliphatic heterocycles. The van der Waals surface area contributed by atoms with Crippen molar-refractivity contribution < 1.29 is 4.39 Å². The molecule has 5 heteroatoms. The third kappa shape index (κ3) is 3.05. The van der Waals surface area contributed by atoms with Gasteiger partial charge in [0.05, 0.1) is 5.69 Å². The largest absolute Gasteiger partial charge is 0.369 e. The Kier molecular flexibility index (Phi) is 3.71. The molecule has 0 bridgehead atoms. The fourth-order valence-corrected chi connectivity index (χ4v) is 3.04. The van der Waals surface area contributed by atoms with E-state index in [0.717, 1.165) is 43.1 Å². The van der Waals surface area contributed by atoms with E-state index in [1.807, 2.05) is 22.7 Å². The van der Waals surface area contributed by atoms with Crippen molar-refractivity contribution in [2.24, 2.45) is 0 Å². The van der Waals surface area contributed by atoms with Gasteiger partial charge in [-0.3, -0.25) is 0 Å². The van der Waals surface area contributed by atoms with Crippen molar-refractivity contribution in [3.8, 4) is 0 Å². The Morgan fingerprint density at radius 1 is 1.09 bits per heavy atom. The summed E-state index contributed by atoms with van der Waals surface area (Å²) in [6, 6.07) is 10.9. The zero-order valence-electron chi connectivity index (χ0n) is 12.9. The maximum Gasteiger partial charge on any atom is 0.139 e. The number of rotatable bonds is 3. The predicted molar refractivity (Wildman–Crippen MR) is 89.5 cm³/mol. The molecule has 118 valence electrons. The van der Waals surface area contributed by atoms with Gasteiger partial charge in [0.25, 0.3) is 0 Å². The standard InChI is InChI=1S/C18H19FN4/c19-15-3-1-14(2-4-15)11-16-13-23-8-5-17(12-18(23)21-16)22-9-6-20-7-10-22/h1-5,8,12-13,20H,6-7,9-11H2. The second kappa shape index (κ2) is 6.01. The zero-order valence-corrected chi connectivity index (χ0v) is 12.9. The molecular weight excluding hydrogens is 291 g/mol. The lowest BCUT2D eigenvalue weighted by Crippen LogP contribution is -2.43. The summed E-state index contributed by atoms with van der Waals surface area (Å²) in [4.78, 5) is 7.09. The minimum Gasteiger partial charge on any atom is -0.369 e. The molecule has 1 aromatic carbocycles. The number of hydrogen-bond acceptors (Lipinski definition) is 3. The van der Waals surface area contributed by atoms with Gasteiger partial charge < -0.3 is 14.6 Å². The summed E-state index contributed by atoms with van der Waals surface area (Å²) in [6.07, 6.45) is 4.82. The summed E-state index contributed by atoms with van der Waals surface area (Å²) in [5.74, 6) is -0.204. The molecule has 4 rings (SSSR count). The molecule has 1 saturated heterocycles. The highest BCUT2D eigenvalue weighted by molar-refractivity contribution is 5.57. The van der Waals surface area contributed by atoms with Crippen molar-refractivity contribution in [1.29, 1.82) is 0 Å². The number of imidazole rings is 1. The first-order valence-corrected chi connectivity index (χ1v) is 7.96. The van der Waals surface area contributed by atoms with E-state index in [9.17, 15) is 4.39 Å². The molecule has 1 N–H and O–H groups in total. The first kappa shape index (κ1) is 14.2. The molecule has 0 unspecified atom stereocenters. The quantitative estimate of drug-likeness (QED) is 0.807. The lowest BCUT2D eigenvalue weighted by atomic mass is 10.1. The molecule has 0 amide bonds. The second-order valence-corrected chi connectivity index (χ2v) is 5.92. The average Bonchev–Trinajstić information content (AvgIpc) is 2.99. The minimum absolute atomic E-state index is 0.204. The lowest BCUT2D eigenvalue weighted by Gasteiger charge is -2.29. The number of halogens is 1. The van der Waals surface area contributed by atoms with Crippen LogP contribution >= 0.6 is 0 Å². The third-order valence-electron chi connectivity index (χ3n) is 4.27. The summed E-state index contributed by atoms with van der Waals surface area (Å²) >= 11 is 0. The Balaban J connectivity index is 1.58. The van der Waals surface area contributed by atoms with Crippen LogP contribution in [0.5, 0.6) is 0 Å². The molecule has 0 aliphatic carbocycles. The van der Waals surface area contributed by atoms with Crippen molar-refractivity contribution in [3.63, 3.8) is 0 Å². The van der Waals surface area contributed by atoms with E-state index >= 15 is 0 Å². The van der Waals surface area contributed by atoms with Gasteiger partial charge in [0, 0.05) is 56.7 Å². The summed E-state index contributed by atoms with van der Waals surface area (Å²) in [5.41, 5.74) is 4.24. The van der Waals surface area contributed by atoms with E-state index in [-0.39, 0.29) is 5.82 Å². The Hall–Kier alpha value is -2.40. The number of hydrogen-bond donors (Lipinski definition) is 1. The first-order chi connectivity index (χ1) is 11.3. The number of nitrogens with one attached hydrogen (secondary N) is 1. The Morgan fingerprint density at radius 2 is 1.87 bits per heavy atom. The molecular formula is C18H19FN4. The van der Waals surface area contributed by atoms with Crippen molar-refractivity contribution >= 4 is 11.3 Å². The summed E-state index contributed by atoms with van der Waals surface area (Å²) in [6.45, 7) is 4.10. The summed E-state index contributed by atoms with van der Waals surface area (Å²) in [5, 5.41) is 3.37. The first-order valence-electron chi connectivity index (χ1n) is 7.96. The summed E-state index contributed by atoms with van der Waals surface area (Å²) < 4.78 is 15.0. The lowest BCUT2D eigenvalue weighted by molar-refractivity contribution is 0.589. The maximum atomic E-state index is 13.0. The topological polar surface area (TPSA) is 32.6 Å². The molecule has 4 nitrogen and oxygen atoms in total. The molecule has 3 aromatic rings. The van der Waals surface area contributed by atoms with Gasteiger partial charge in [0.1, 0.15) is 11.5 Å². The van der Waals surface area contributed by atoms with Gasteiger partial charge in [0.15, 0.2) is 0 Å². The van der Waals surface area contributed by atoms with Crippen molar-refractivity contribution in [1.82, 2.24) is 14.7 Å². The highest BCUT2D eigenvalue weighted by Crippen LogP contribution is 2.19. The number of benzene rings is 1. The van der Waals surface area contributed by atoms with Crippen molar-refractivity contribution in [3.05, 3.63) is 65.9 Å². The molecule has 0 radical (unpaired) electrons. The number of anilines is 1. The SMILES string of the molecule is Fc1ccc(Cc2cn3ccc(N4CCNCC4)cc3n2)cc1. The van der Waals surface area contributed by atoms with Crippen LogP contribution in [0, 0.1) is 5.82 Å². The van der Waals surface area contributed by atoms with Crippen LogP contribution in [0.2, 0.25) is 0 Å². The second-order valence-electron chi connectivity index (χ2n) is 5.92. The number of pyridine rings is 1. The van der Waals surface area contributed by atoms with Crippen LogP contribution in [0.15, 0.2) is 48.8 Å². The molecule has 0 saturated carbocycles. The molecule has 1 fully saturated rings. The molecule has 1 aliphatic rings. The third-order valence-corrected chi connectivity index (χ3v) is 4.27. The fraction of sp³-hybridized carbons (Fsp3) is 0.278.